The fourth-order valence-corrected chi connectivity index (χ4v) is 2.82. The van der Waals surface area contributed by atoms with Crippen molar-refractivity contribution in [3.63, 3.8) is 0 Å². The van der Waals surface area contributed by atoms with Gasteiger partial charge in [-0.15, -0.1) is 0 Å². The third-order valence-corrected chi connectivity index (χ3v) is 4.48. The lowest BCUT2D eigenvalue weighted by Crippen LogP contribution is -2.32. The predicted octanol–water partition coefficient (Wildman–Crippen LogP) is 5.00. The van der Waals surface area contributed by atoms with Gasteiger partial charge < -0.3 is 20.5 Å². The number of aromatic nitrogens is 1. The van der Waals surface area contributed by atoms with Gasteiger partial charge in [-0.25, -0.2) is 0 Å². The summed E-state index contributed by atoms with van der Waals surface area (Å²) in [7, 11) is 0. The molecule has 0 saturated carbocycles. The van der Waals surface area contributed by atoms with E-state index in [2.05, 4.69) is 25.7 Å². The lowest BCUT2D eigenvalue weighted by molar-refractivity contribution is -0.117. The van der Waals surface area contributed by atoms with Crippen LogP contribution in [0.3, 0.4) is 0 Å². The zero-order valence-electron chi connectivity index (χ0n) is 17.5. The van der Waals surface area contributed by atoms with E-state index in [0.717, 1.165) is 22.3 Å². The molecule has 1 amide bonds. The largest absolute Gasteiger partial charge is 0.489 e. The second kappa shape index (κ2) is 9.41. The molecular formula is C24H27N3O3. The first-order chi connectivity index (χ1) is 14.4. The number of nitrogens with one attached hydrogen (secondary N) is 1. The Kier molecular flexibility index (Phi) is 6.69. The fourth-order valence-electron chi connectivity index (χ4n) is 2.82. The normalized spacial score (nSPS) is 11.9. The van der Waals surface area contributed by atoms with Gasteiger partial charge in [0.25, 0.3) is 0 Å². The zero-order valence-corrected chi connectivity index (χ0v) is 17.5. The molecule has 6 heteroatoms. The molecule has 1 heterocycles. The molecule has 2 aromatic carbocycles. The monoisotopic (exact) mass is 405 g/mol. The number of carbonyl (C=O) groups is 1. The number of anilines is 1. The van der Waals surface area contributed by atoms with Crippen molar-refractivity contribution < 1.29 is 14.3 Å². The third kappa shape index (κ3) is 5.15. The van der Waals surface area contributed by atoms with Crippen molar-refractivity contribution in [2.24, 2.45) is 5.73 Å². The molecule has 0 unspecified atom stereocenters. The van der Waals surface area contributed by atoms with Crippen molar-refractivity contribution in [3.8, 4) is 17.2 Å². The Labute approximate surface area is 176 Å². The minimum Gasteiger partial charge on any atom is -0.489 e. The highest BCUT2D eigenvalue weighted by Crippen LogP contribution is 2.33. The Morgan fingerprint density at radius 2 is 1.83 bits per heavy atom. The van der Waals surface area contributed by atoms with E-state index in [1.807, 2.05) is 24.3 Å². The molecule has 0 aliphatic heterocycles. The van der Waals surface area contributed by atoms with E-state index in [0.29, 0.717) is 23.8 Å². The number of nitrogens with zero attached hydrogens (tertiary/aromatic N) is 1. The minimum absolute atomic E-state index is 0.237. The SMILES string of the molecule is C=CCOc1cc(C(C)C)nc2ccc(Oc3ccc(NC(=O)[C@H](C)N)cc3)cc12. The van der Waals surface area contributed by atoms with E-state index in [9.17, 15) is 4.79 Å². The molecule has 156 valence electrons. The quantitative estimate of drug-likeness (QED) is 0.515. The van der Waals surface area contributed by atoms with Gasteiger partial charge >= 0.3 is 0 Å². The summed E-state index contributed by atoms with van der Waals surface area (Å²) in [5.74, 6) is 2.12. The first kappa shape index (κ1) is 21.3. The Morgan fingerprint density at radius 3 is 2.47 bits per heavy atom. The number of hydrogen-bond donors (Lipinski definition) is 2. The standard InChI is InChI=1S/C24H27N3O3/c1-5-12-29-23-14-22(15(2)3)27-21-11-10-19(13-20(21)23)30-18-8-6-17(7-9-18)26-24(28)16(4)25/h5-11,13-16H,1,12,25H2,2-4H3,(H,26,28)/t16-/m0/s1. The van der Waals surface area contributed by atoms with Crippen LogP contribution in [0.1, 0.15) is 32.4 Å². The van der Waals surface area contributed by atoms with Crippen LogP contribution < -0.4 is 20.5 Å². The summed E-state index contributed by atoms with van der Waals surface area (Å²) in [5.41, 5.74) is 8.05. The first-order valence-corrected chi connectivity index (χ1v) is 9.90. The van der Waals surface area contributed by atoms with Gasteiger partial charge in [0, 0.05) is 22.8 Å². The van der Waals surface area contributed by atoms with Crippen molar-refractivity contribution >= 4 is 22.5 Å². The number of fused-ring (bicyclic) bond motifs is 1. The van der Waals surface area contributed by atoms with Gasteiger partial charge in [0.15, 0.2) is 0 Å². The number of carbonyl (C=O) groups excluding carboxylic acids is 1. The summed E-state index contributed by atoms with van der Waals surface area (Å²) in [5, 5.41) is 3.62. The van der Waals surface area contributed by atoms with Gasteiger partial charge in [0.2, 0.25) is 5.91 Å². The van der Waals surface area contributed by atoms with Crippen molar-refractivity contribution in [2.45, 2.75) is 32.7 Å². The van der Waals surface area contributed by atoms with Crippen LogP contribution in [-0.2, 0) is 4.79 Å². The molecule has 0 fully saturated rings. The Morgan fingerprint density at radius 1 is 1.13 bits per heavy atom. The van der Waals surface area contributed by atoms with Crippen molar-refractivity contribution in [3.05, 3.63) is 66.9 Å². The molecule has 0 spiro atoms. The number of nitrogens with two attached hydrogens (primary N) is 1. The van der Waals surface area contributed by atoms with Crippen LogP contribution in [-0.4, -0.2) is 23.5 Å². The van der Waals surface area contributed by atoms with Gasteiger partial charge in [0.1, 0.15) is 23.9 Å². The number of pyridine rings is 1. The molecule has 0 aliphatic carbocycles. The molecule has 0 saturated heterocycles. The Bertz CT molecular complexity index is 1040. The number of ether oxygens (including phenoxy) is 2. The number of rotatable bonds is 8. The second-order valence-electron chi connectivity index (χ2n) is 7.38. The highest BCUT2D eigenvalue weighted by molar-refractivity contribution is 5.94. The molecule has 30 heavy (non-hydrogen) atoms. The van der Waals surface area contributed by atoms with Crippen molar-refractivity contribution in [1.82, 2.24) is 4.98 Å². The predicted molar refractivity (Wildman–Crippen MR) is 120 cm³/mol. The topological polar surface area (TPSA) is 86.5 Å². The van der Waals surface area contributed by atoms with Gasteiger partial charge in [-0.05, 0) is 55.3 Å². The van der Waals surface area contributed by atoms with E-state index in [-0.39, 0.29) is 11.8 Å². The van der Waals surface area contributed by atoms with Gasteiger partial charge in [0.05, 0.1) is 11.6 Å². The van der Waals surface area contributed by atoms with E-state index in [4.69, 9.17) is 20.2 Å². The summed E-state index contributed by atoms with van der Waals surface area (Å²) in [6.07, 6.45) is 1.72. The van der Waals surface area contributed by atoms with Crippen LogP contribution in [0.15, 0.2) is 61.2 Å². The molecule has 3 aromatic rings. The van der Waals surface area contributed by atoms with Crippen LogP contribution in [0, 0.1) is 0 Å². The highest BCUT2D eigenvalue weighted by atomic mass is 16.5. The van der Waals surface area contributed by atoms with Crippen LogP contribution in [0.2, 0.25) is 0 Å². The molecule has 0 bridgehead atoms. The molecular weight excluding hydrogens is 378 g/mol. The van der Waals surface area contributed by atoms with Gasteiger partial charge in [-0.1, -0.05) is 26.5 Å². The van der Waals surface area contributed by atoms with Crippen LogP contribution in [0.25, 0.3) is 10.9 Å². The summed E-state index contributed by atoms with van der Waals surface area (Å²) < 4.78 is 11.9. The summed E-state index contributed by atoms with van der Waals surface area (Å²) in [6.45, 7) is 9.97. The Balaban J connectivity index is 1.85. The van der Waals surface area contributed by atoms with E-state index >= 15 is 0 Å². The van der Waals surface area contributed by atoms with Crippen LogP contribution >= 0.6 is 0 Å². The fraction of sp³-hybridized carbons (Fsp3) is 0.250. The van der Waals surface area contributed by atoms with Crippen LogP contribution in [0.5, 0.6) is 17.2 Å². The van der Waals surface area contributed by atoms with Crippen molar-refractivity contribution in [1.29, 1.82) is 0 Å². The first-order valence-electron chi connectivity index (χ1n) is 9.90. The molecule has 1 aromatic heterocycles. The summed E-state index contributed by atoms with van der Waals surface area (Å²) in [4.78, 5) is 16.4. The van der Waals surface area contributed by atoms with Gasteiger partial charge in [-0.2, -0.15) is 0 Å². The number of amides is 1. The minimum atomic E-state index is -0.569. The molecule has 3 N–H and O–H groups in total. The maximum Gasteiger partial charge on any atom is 0.240 e. The second-order valence-corrected chi connectivity index (χ2v) is 7.38. The Hall–Kier alpha value is -3.38. The maximum absolute atomic E-state index is 11.7. The molecule has 6 nitrogen and oxygen atoms in total. The summed E-state index contributed by atoms with van der Waals surface area (Å²) in [6, 6.07) is 14.2. The highest BCUT2D eigenvalue weighted by Gasteiger charge is 2.12. The smallest absolute Gasteiger partial charge is 0.240 e. The van der Waals surface area contributed by atoms with Gasteiger partial charge in [-0.3, -0.25) is 9.78 Å². The lowest BCUT2D eigenvalue weighted by Gasteiger charge is -2.14. The number of benzene rings is 2. The van der Waals surface area contributed by atoms with Crippen LogP contribution in [0.4, 0.5) is 5.69 Å². The maximum atomic E-state index is 11.7. The zero-order chi connectivity index (χ0) is 21.7. The van der Waals surface area contributed by atoms with E-state index in [1.54, 1.807) is 37.3 Å². The van der Waals surface area contributed by atoms with Crippen molar-refractivity contribution in [2.75, 3.05) is 11.9 Å². The average Bonchev–Trinajstić information content (AvgIpc) is 2.73. The van der Waals surface area contributed by atoms with E-state index < -0.39 is 6.04 Å². The molecule has 0 radical (unpaired) electrons. The molecule has 3 rings (SSSR count). The number of hydrogen-bond acceptors (Lipinski definition) is 5. The summed E-state index contributed by atoms with van der Waals surface area (Å²) >= 11 is 0. The third-order valence-electron chi connectivity index (χ3n) is 4.48. The molecule has 0 aliphatic rings. The average molecular weight is 405 g/mol. The lowest BCUT2D eigenvalue weighted by atomic mass is 10.1. The van der Waals surface area contributed by atoms with E-state index in [1.165, 1.54) is 0 Å². The molecule has 1 atom stereocenters.